The van der Waals surface area contributed by atoms with Crippen LogP contribution in [0.25, 0.3) is 0 Å². The van der Waals surface area contributed by atoms with E-state index in [1.807, 2.05) is 6.92 Å². The van der Waals surface area contributed by atoms with E-state index in [4.69, 9.17) is 14.2 Å². The molecule has 0 spiro atoms. The first kappa shape index (κ1) is 19.9. The summed E-state index contributed by atoms with van der Waals surface area (Å²) in [5.74, 6) is -0.0838. The molecule has 0 amide bonds. The smallest absolute Gasteiger partial charge is 0.347 e. The van der Waals surface area contributed by atoms with E-state index in [0.29, 0.717) is 30.6 Å². The van der Waals surface area contributed by atoms with Crippen molar-refractivity contribution in [3.63, 3.8) is 0 Å². The van der Waals surface area contributed by atoms with Gasteiger partial charge in [-0.3, -0.25) is 0 Å². The van der Waals surface area contributed by atoms with Crippen LogP contribution < -0.4 is 0 Å². The molecule has 0 bridgehead atoms. The Morgan fingerprint density at radius 3 is 2.50 bits per heavy atom. The van der Waals surface area contributed by atoms with Crippen LogP contribution in [0.15, 0.2) is 29.3 Å². The molecular formula is C20H27NO5. The fraction of sp³-hybridized carbons (Fsp3) is 0.550. The standard InChI is InChI=1S/C20H27NO5/c1-5-6-11-24-19(22)14(4)26-20(23)16-9-7-15(8-10-16)18-21-17(12-25-18)13(2)3/h7-10,13-14,17H,5-6,11-12H2,1-4H3/t14-,17?/m0/s1. The van der Waals surface area contributed by atoms with Crippen LogP contribution in [0.3, 0.4) is 0 Å². The Morgan fingerprint density at radius 2 is 1.92 bits per heavy atom. The number of benzene rings is 1. The third-order valence-corrected chi connectivity index (χ3v) is 4.17. The van der Waals surface area contributed by atoms with E-state index < -0.39 is 18.0 Å². The Labute approximate surface area is 154 Å². The van der Waals surface area contributed by atoms with E-state index in [1.54, 1.807) is 24.3 Å². The molecule has 1 aliphatic rings. The van der Waals surface area contributed by atoms with Crippen molar-refractivity contribution < 1.29 is 23.8 Å². The summed E-state index contributed by atoms with van der Waals surface area (Å²) < 4.78 is 15.8. The van der Waals surface area contributed by atoms with E-state index in [2.05, 4.69) is 18.8 Å². The number of carbonyl (C=O) groups excluding carboxylic acids is 2. The summed E-state index contributed by atoms with van der Waals surface area (Å²) in [6.45, 7) is 8.64. The third kappa shape index (κ3) is 5.31. The van der Waals surface area contributed by atoms with Gasteiger partial charge >= 0.3 is 11.9 Å². The van der Waals surface area contributed by atoms with Crippen molar-refractivity contribution in [2.24, 2.45) is 10.9 Å². The van der Waals surface area contributed by atoms with Crippen LogP contribution in [0.1, 0.15) is 56.5 Å². The zero-order valence-corrected chi connectivity index (χ0v) is 15.9. The first-order valence-corrected chi connectivity index (χ1v) is 9.11. The fourth-order valence-corrected chi connectivity index (χ4v) is 2.35. The molecular weight excluding hydrogens is 334 g/mol. The summed E-state index contributed by atoms with van der Waals surface area (Å²) in [6, 6.07) is 6.97. The number of ether oxygens (including phenoxy) is 3. The van der Waals surface area contributed by atoms with Crippen molar-refractivity contribution in [1.82, 2.24) is 0 Å². The topological polar surface area (TPSA) is 74.2 Å². The van der Waals surface area contributed by atoms with Crippen molar-refractivity contribution in [3.8, 4) is 0 Å². The molecule has 6 heteroatoms. The zero-order chi connectivity index (χ0) is 19.1. The number of nitrogens with zero attached hydrogens (tertiary/aromatic N) is 1. The van der Waals surface area contributed by atoms with Gasteiger partial charge in [0.1, 0.15) is 6.61 Å². The van der Waals surface area contributed by atoms with Gasteiger partial charge in [0.25, 0.3) is 0 Å². The second kappa shape index (κ2) is 9.36. The van der Waals surface area contributed by atoms with Crippen LogP contribution in [0.5, 0.6) is 0 Å². The van der Waals surface area contributed by atoms with Gasteiger partial charge in [0.2, 0.25) is 5.90 Å². The van der Waals surface area contributed by atoms with Crippen LogP contribution in [0.2, 0.25) is 0 Å². The molecule has 0 aromatic heterocycles. The number of carbonyl (C=O) groups is 2. The van der Waals surface area contributed by atoms with Crippen LogP contribution in [-0.4, -0.2) is 43.2 Å². The fourth-order valence-electron chi connectivity index (χ4n) is 2.35. The Morgan fingerprint density at radius 1 is 1.23 bits per heavy atom. The summed E-state index contributed by atoms with van der Waals surface area (Å²) in [5, 5.41) is 0. The molecule has 0 saturated heterocycles. The molecule has 1 unspecified atom stereocenters. The normalized spacial score (nSPS) is 17.4. The minimum absolute atomic E-state index is 0.161. The van der Waals surface area contributed by atoms with Gasteiger partial charge in [-0.25, -0.2) is 14.6 Å². The lowest BCUT2D eigenvalue weighted by Gasteiger charge is -2.12. The van der Waals surface area contributed by atoms with Crippen LogP contribution in [-0.2, 0) is 19.0 Å². The molecule has 1 heterocycles. The number of hydrogen-bond acceptors (Lipinski definition) is 6. The lowest BCUT2D eigenvalue weighted by atomic mass is 10.1. The van der Waals surface area contributed by atoms with Gasteiger partial charge in [0, 0.05) is 5.56 Å². The number of unbranched alkanes of at least 4 members (excludes halogenated alkanes) is 1. The van der Waals surface area contributed by atoms with Gasteiger partial charge in [0.15, 0.2) is 6.10 Å². The van der Waals surface area contributed by atoms with Crippen molar-refractivity contribution >= 4 is 17.8 Å². The molecule has 2 atom stereocenters. The lowest BCUT2D eigenvalue weighted by molar-refractivity contribution is -0.153. The maximum Gasteiger partial charge on any atom is 0.347 e. The summed E-state index contributed by atoms with van der Waals surface area (Å²) in [6.07, 6.45) is 0.784. The molecule has 1 aromatic rings. The summed E-state index contributed by atoms with van der Waals surface area (Å²) in [4.78, 5) is 28.5. The van der Waals surface area contributed by atoms with Gasteiger partial charge in [-0.1, -0.05) is 27.2 Å². The number of esters is 2. The average Bonchev–Trinajstić information content (AvgIpc) is 3.12. The highest BCUT2D eigenvalue weighted by atomic mass is 16.6. The lowest BCUT2D eigenvalue weighted by Crippen LogP contribution is -2.26. The summed E-state index contributed by atoms with van der Waals surface area (Å²) in [7, 11) is 0. The van der Waals surface area contributed by atoms with Crippen LogP contribution in [0, 0.1) is 5.92 Å². The highest BCUT2D eigenvalue weighted by Gasteiger charge is 2.23. The average molecular weight is 361 g/mol. The first-order chi connectivity index (χ1) is 12.4. The molecule has 1 aromatic carbocycles. The van der Waals surface area contributed by atoms with E-state index in [-0.39, 0.29) is 6.04 Å². The third-order valence-electron chi connectivity index (χ3n) is 4.17. The van der Waals surface area contributed by atoms with Crippen LogP contribution in [0.4, 0.5) is 0 Å². The minimum Gasteiger partial charge on any atom is -0.475 e. The SMILES string of the molecule is CCCCOC(=O)[C@H](C)OC(=O)c1ccc(C2=NC(C(C)C)CO2)cc1. The molecule has 2 rings (SSSR count). The summed E-state index contributed by atoms with van der Waals surface area (Å²) in [5.41, 5.74) is 1.18. The van der Waals surface area contributed by atoms with Crippen molar-refractivity contribution in [3.05, 3.63) is 35.4 Å². The van der Waals surface area contributed by atoms with E-state index >= 15 is 0 Å². The van der Waals surface area contributed by atoms with Gasteiger partial charge in [0.05, 0.1) is 18.2 Å². The molecule has 0 radical (unpaired) electrons. The Hall–Kier alpha value is -2.37. The molecule has 26 heavy (non-hydrogen) atoms. The van der Waals surface area contributed by atoms with E-state index in [1.165, 1.54) is 6.92 Å². The van der Waals surface area contributed by atoms with Gasteiger partial charge in [-0.05, 0) is 43.5 Å². The first-order valence-electron chi connectivity index (χ1n) is 9.11. The van der Waals surface area contributed by atoms with Gasteiger partial charge in [-0.15, -0.1) is 0 Å². The Kier molecular flexibility index (Phi) is 7.18. The second-order valence-corrected chi connectivity index (χ2v) is 6.70. The van der Waals surface area contributed by atoms with Gasteiger partial charge < -0.3 is 14.2 Å². The number of aliphatic imine (C=N–C) groups is 1. The quantitative estimate of drug-likeness (QED) is 0.524. The molecule has 0 aliphatic carbocycles. The molecule has 142 valence electrons. The number of hydrogen-bond donors (Lipinski definition) is 0. The highest BCUT2D eigenvalue weighted by Crippen LogP contribution is 2.18. The summed E-state index contributed by atoms with van der Waals surface area (Å²) >= 11 is 0. The maximum atomic E-state index is 12.2. The highest BCUT2D eigenvalue weighted by molar-refractivity contribution is 5.97. The monoisotopic (exact) mass is 361 g/mol. The minimum atomic E-state index is -0.937. The maximum absolute atomic E-state index is 12.2. The molecule has 6 nitrogen and oxygen atoms in total. The van der Waals surface area contributed by atoms with E-state index in [0.717, 1.165) is 18.4 Å². The molecule has 0 fully saturated rings. The van der Waals surface area contributed by atoms with Crippen molar-refractivity contribution in [2.75, 3.05) is 13.2 Å². The van der Waals surface area contributed by atoms with E-state index in [9.17, 15) is 9.59 Å². The van der Waals surface area contributed by atoms with Crippen LogP contribution >= 0.6 is 0 Å². The largest absolute Gasteiger partial charge is 0.475 e. The zero-order valence-electron chi connectivity index (χ0n) is 15.9. The predicted octanol–water partition coefficient (Wildman–Crippen LogP) is 3.38. The molecule has 1 aliphatic heterocycles. The van der Waals surface area contributed by atoms with Crippen molar-refractivity contribution in [1.29, 1.82) is 0 Å². The Balaban J connectivity index is 1.92. The molecule has 0 saturated carbocycles. The predicted molar refractivity (Wildman–Crippen MR) is 98.3 cm³/mol. The second-order valence-electron chi connectivity index (χ2n) is 6.70. The number of rotatable bonds is 8. The van der Waals surface area contributed by atoms with Gasteiger partial charge in [-0.2, -0.15) is 0 Å². The molecule has 0 N–H and O–H groups in total. The van der Waals surface area contributed by atoms with Crippen molar-refractivity contribution in [2.45, 2.75) is 52.7 Å². The Bertz CT molecular complexity index is 651.